The fourth-order valence-corrected chi connectivity index (χ4v) is 1.67. The van der Waals surface area contributed by atoms with Crippen LogP contribution in [0, 0.1) is 0 Å². The number of anilines is 1. The zero-order valence-corrected chi connectivity index (χ0v) is 11.3. The number of amides is 1. The molecule has 3 rings (SSSR count). The molecule has 3 aromatic rings. The third-order valence-corrected chi connectivity index (χ3v) is 2.75. The second kappa shape index (κ2) is 5.68. The van der Waals surface area contributed by atoms with E-state index in [1.807, 2.05) is 0 Å². The summed E-state index contributed by atoms with van der Waals surface area (Å²) in [6, 6.07) is 6.61. The molecule has 0 atom stereocenters. The molecule has 0 unspecified atom stereocenters. The summed E-state index contributed by atoms with van der Waals surface area (Å²) in [7, 11) is 0. The van der Waals surface area contributed by atoms with Gasteiger partial charge >= 0.3 is 11.8 Å². The zero-order valence-electron chi connectivity index (χ0n) is 10.5. The van der Waals surface area contributed by atoms with Crippen LogP contribution in [0.1, 0.15) is 10.7 Å². The standard InChI is InChI=1S/C13H8ClN5O2/c14-9-1-2-10(16-7-9)17-12(20)13-18-11(19-21-13)8-3-5-15-6-4-8/h1-7H,(H,16,17,20). The quantitative estimate of drug-likeness (QED) is 0.798. The lowest BCUT2D eigenvalue weighted by Gasteiger charge is -1.99. The number of carbonyl (C=O) groups excluding carboxylic acids is 1. The van der Waals surface area contributed by atoms with E-state index in [0.29, 0.717) is 22.2 Å². The molecule has 0 saturated carbocycles. The lowest BCUT2D eigenvalue weighted by molar-refractivity contribution is 0.0981. The molecule has 3 aromatic heterocycles. The SMILES string of the molecule is O=C(Nc1ccc(Cl)cn1)c1nc(-c2ccncc2)no1. The highest BCUT2D eigenvalue weighted by Gasteiger charge is 2.16. The van der Waals surface area contributed by atoms with Gasteiger partial charge in [0.05, 0.1) is 5.02 Å². The minimum atomic E-state index is -0.544. The minimum absolute atomic E-state index is 0.154. The van der Waals surface area contributed by atoms with Crippen molar-refractivity contribution in [2.75, 3.05) is 5.32 Å². The van der Waals surface area contributed by atoms with Crippen LogP contribution in [0.4, 0.5) is 5.82 Å². The third kappa shape index (κ3) is 3.03. The first-order valence-electron chi connectivity index (χ1n) is 5.89. The second-order valence-corrected chi connectivity index (χ2v) is 4.41. The van der Waals surface area contributed by atoms with Crippen molar-refractivity contribution >= 4 is 23.3 Å². The molecule has 0 aliphatic heterocycles. The molecule has 0 saturated heterocycles. The summed E-state index contributed by atoms with van der Waals surface area (Å²) in [6.07, 6.45) is 4.62. The molecule has 0 radical (unpaired) electrons. The molecule has 0 fully saturated rings. The Labute approximate surface area is 124 Å². The maximum absolute atomic E-state index is 12.0. The summed E-state index contributed by atoms with van der Waals surface area (Å²) >= 11 is 5.72. The number of nitrogens with one attached hydrogen (secondary N) is 1. The molecule has 0 aliphatic rings. The van der Waals surface area contributed by atoms with Crippen molar-refractivity contribution in [1.29, 1.82) is 0 Å². The van der Waals surface area contributed by atoms with E-state index in [0.717, 1.165) is 0 Å². The normalized spacial score (nSPS) is 10.3. The molecule has 1 N–H and O–H groups in total. The van der Waals surface area contributed by atoms with Crippen LogP contribution in [0.5, 0.6) is 0 Å². The van der Waals surface area contributed by atoms with E-state index in [4.69, 9.17) is 16.1 Å². The van der Waals surface area contributed by atoms with E-state index in [-0.39, 0.29) is 5.89 Å². The lowest BCUT2D eigenvalue weighted by atomic mass is 10.2. The van der Waals surface area contributed by atoms with Crippen molar-refractivity contribution in [3.63, 3.8) is 0 Å². The second-order valence-electron chi connectivity index (χ2n) is 3.97. The molecule has 1 amide bonds. The Hall–Kier alpha value is -2.80. The topological polar surface area (TPSA) is 93.8 Å². The van der Waals surface area contributed by atoms with Crippen LogP contribution < -0.4 is 5.32 Å². The molecule has 21 heavy (non-hydrogen) atoms. The molecule has 0 bridgehead atoms. The summed E-state index contributed by atoms with van der Waals surface area (Å²) in [6.45, 7) is 0. The monoisotopic (exact) mass is 301 g/mol. The average Bonchev–Trinajstić information content (AvgIpc) is 3.00. The number of nitrogens with zero attached hydrogens (tertiary/aromatic N) is 4. The summed E-state index contributed by atoms with van der Waals surface area (Å²) in [5, 5.41) is 6.76. The Morgan fingerprint density at radius 3 is 2.71 bits per heavy atom. The predicted octanol–water partition coefficient (Wildman–Crippen LogP) is 2.43. The van der Waals surface area contributed by atoms with Crippen molar-refractivity contribution in [2.45, 2.75) is 0 Å². The number of hydrogen-bond acceptors (Lipinski definition) is 6. The Bertz CT molecular complexity index is 758. The van der Waals surface area contributed by atoms with Gasteiger partial charge in [0.1, 0.15) is 5.82 Å². The first kappa shape index (κ1) is 13.2. The van der Waals surface area contributed by atoms with E-state index in [9.17, 15) is 4.79 Å². The van der Waals surface area contributed by atoms with Gasteiger partial charge < -0.3 is 9.84 Å². The minimum Gasteiger partial charge on any atom is -0.328 e. The number of aromatic nitrogens is 4. The van der Waals surface area contributed by atoms with Crippen LogP contribution in [0.15, 0.2) is 47.4 Å². The van der Waals surface area contributed by atoms with Crippen molar-refractivity contribution in [3.05, 3.63) is 53.8 Å². The molecular formula is C13H8ClN5O2. The predicted molar refractivity (Wildman–Crippen MR) is 74.7 cm³/mol. The number of hydrogen-bond donors (Lipinski definition) is 1. The van der Waals surface area contributed by atoms with Crippen LogP contribution in [-0.2, 0) is 0 Å². The van der Waals surface area contributed by atoms with Crippen molar-refractivity contribution in [2.24, 2.45) is 0 Å². The van der Waals surface area contributed by atoms with Crippen LogP contribution in [-0.4, -0.2) is 26.0 Å². The smallest absolute Gasteiger partial charge is 0.316 e. The first-order chi connectivity index (χ1) is 10.2. The van der Waals surface area contributed by atoms with Gasteiger partial charge in [0.25, 0.3) is 0 Å². The van der Waals surface area contributed by atoms with Crippen LogP contribution >= 0.6 is 11.6 Å². The van der Waals surface area contributed by atoms with Gasteiger partial charge in [-0.3, -0.25) is 9.78 Å². The molecule has 8 heteroatoms. The van der Waals surface area contributed by atoms with Crippen molar-refractivity contribution in [1.82, 2.24) is 20.1 Å². The van der Waals surface area contributed by atoms with Gasteiger partial charge in [0.15, 0.2) is 0 Å². The van der Waals surface area contributed by atoms with E-state index < -0.39 is 5.91 Å². The van der Waals surface area contributed by atoms with Crippen molar-refractivity contribution in [3.8, 4) is 11.4 Å². The Kier molecular flexibility index (Phi) is 3.57. The van der Waals surface area contributed by atoms with Gasteiger partial charge in [-0.1, -0.05) is 16.8 Å². The summed E-state index contributed by atoms with van der Waals surface area (Å²) in [5.41, 5.74) is 0.706. The summed E-state index contributed by atoms with van der Waals surface area (Å²) in [5.74, 6) is -0.0455. The molecule has 104 valence electrons. The molecule has 3 heterocycles. The first-order valence-corrected chi connectivity index (χ1v) is 6.27. The third-order valence-electron chi connectivity index (χ3n) is 2.53. The molecule has 0 spiro atoms. The van der Waals surface area contributed by atoms with Gasteiger partial charge in [0, 0.05) is 24.2 Å². The lowest BCUT2D eigenvalue weighted by Crippen LogP contribution is -2.13. The van der Waals surface area contributed by atoms with E-state index in [2.05, 4.69) is 25.4 Å². The maximum atomic E-state index is 12.0. The number of rotatable bonds is 3. The fraction of sp³-hybridized carbons (Fsp3) is 0. The highest BCUT2D eigenvalue weighted by atomic mass is 35.5. The fourth-order valence-electron chi connectivity index (χ4n) is 1.55. The van der Waals surface area contributed by atoms with E-state index in [1.54, 1.807) is 36.7 Å². The zero-order chi connectivity index (χ0) is 14.7. The summed E-state index contributed by atoms with van der Waals surface area (Å²) in [4.78, 5) is 23.8. The van der Waals surface area contributed by atoms with Crippen LogP contribution in [0.2, 0.25) is 5.02 Å². The number of carbonyl (C=O) groups is 1. The Morgan fingerprint density at radius 2 is 2.00 bits per heavy atom. The molecule has 7 nitrogen and oxygen atoms in total. The largest absolute Gasteiger partial charge is 0.328 e. The van der Waals surface area contributed by atoms with Gasteiger partial charge in [-0.25, -0.2) is 4.98 Å². The van der Waals surface area contributed by atoms with Gasteiger partial charge in [-0.2, -0.15) is 4.98 Å². The molecule has 0 aliphatic carbocycles. The Balaban J connectivity index is 1.77. The van der Waals surface area contributed by atoms with Gasteiger partial charge in [0.2, 0.25) is 5.82 Å². The van der Waals surface area contributed by atoms with Crippen LogP contribution in [0.25, 0.3) is 11.4 Å². The molecular weight excluding hydrogens is 294 g/mol. The maximum Gasteiger partial charge on any atom is 0.316 e. The number of pyridine rings is 2. The van der Waals surface area contributed by atoms with Gasteiger partial charge in [-0.05, 0) is 24.3 Å². The average molecular weight is 302 g/mol. The van der Waals surface area contributed by atoms with E-state index >= 15 is 0 Å². The Morgan fingerprint density at radius 1 is 1.19 bits per heavy atom. The number of halogens is 1. The molecule has 0 aromatic carbocycles. The highest BCUT2D eigenvalue weighted by Crippen LogP contribution is 2.15. The van der Waals surface area contributed by atoms with Gasteiger partial charge in [-0.15, -0.1) is 0 Å². The summed E-state index contributed by atoms with van der Waals surface area (Å²) < 4.78 is 4.93. The van der Waals surface area contributed by atoms with E-state index in [1.165, 1.54) is 6.20 Å². The van der Waals surface area contributed by atoms with Crippen LogP contribution in [0.3, 0.4) is 0 Å². The highest BCUT2D eigenvalue weighted by molar-refractivity contribution is 6.30. The van der Waals surface area contributed by atoms with Crippen molar-refractivity contribution < 1.29 is 9.32 Å².